The average Bonchev–Trinajstić information content (AvgIpc) is 2.82. The predicted octanol–water partition coefficient (Wildman–Crippen LogP) is -1.01. The van der Waals surface area contributed by atoms with E-state index < -0.39 is 80.1 Å². The van der Waals surface area contributed by atoms with Crippen LogP contribution in [0.2, 0.25) is 0 Å². The predicted molar refractivity (Wildman–Crippen MR) is 143 cm³/mol. The molecule has 39 heavy (non-hydrogen) atoms. The third-order valence-electron chi connectivity index (χ3n) is 5.02. The lowest BCUT2D eigenvalue weighted by atomic mass is 9.71. The molecule has 0 aromatic rings. The fourth-order valence-electron chi connectivity index (χ4n) is 1.51. The molecule has 0 aromatic carbocycles. The van der Waals surface area contributed by atoms with Crippen molar-refractivity contribution in [1.29, 1.82) is 0 Å². The van der Waals surface area contributed by atoms with Gasteiger partial charge in [-0.15, -0.1) is 0 Å². The smallest absolute Gasteiger partial charge is 0.330 e. The van der Waals surface area contributed by atoms with Gasteiger partial charge in [-0.2, -0.15) is 0 Å². The number of carboxylic acid groups (broad SMARTS) is 3. The van der Waals surface area contributed by atoms with Crippen molar-refractivity contribution in [2.24, 2.45) is 10.8 Å². The number of aliphatic carboxylic acids is 3. The third kappa shape index (κ3) is 21.9. The number of rotatable bonds is 11. The van der Waals surface area contributed by atoms with E-state index in [4.69, 9.17) is 46.0 Å². The number of aliphatic hydroxyl groups excluding tert-OH is 7. The van der Waals surface area contributed by atoms with Crippen molar-refractivity contribution >= 4 is 17.9 Å². The minimum Gasteiger partial charge on any atom is -0.478 e. The summed E-state index contributed by atoms with van der Waals surface area (Å²) in [5, 5.41) is 94.6. The number of carbonyl (C=O) groups is 3. The lowest BCUT2D eigenvalue weighted by molar-refractivity contribution is -0.162. The molecule has 11 N–H and O–H groups in total. The van der Waals surface area contributed by atoms with Crippen molar-refractivity contribution in [2.45, 2.75) is 53.2 Å². The number of hydrogen-bond acceptors (Lipinski definition) is 11. The second kappa shape index (κ2) is 23.2. The number of aliphatic hydroxyl groups is 8. The molecule has 0 spiro atoms. The normalized spacial score (nSPS) is 11.2. The van der Waals surface area contributed by atoms with Crippen LogP contribution in [0, 0.1) is 10.8 Å². The van der Waals surface area contributed by atoms with Crippen molar-refractivity contribution < 1.29 is 70.6 Å². The van der Waals surface area contributed by atoms with E-state index in [1.54, 1.807) is 0 Å². The molecule has 0 saturated heterocycles. The zero-order valence-electron chi connectivity index (χ0n) is 23.6. The molecule has 0 aliphatic rings. The molecule has 0 fully saturated rings. The van der Waals surface area contributed by atoms with Gasteiger partial charge in [0.1, 0.15) is 0 Å². The maximum absolute atomic E-state index is 9.62. The van der Waals surface area contributed by atoms with E-state index in [1.807, 2.05) is 0 Å². The first-order valence-electron chi connectivity index (χ1n) is 11.2. The molecular weight excluding hydrogens is 524 g/mol. The molecule has 14 nitrogen and oxygen atoms in total. The molecule has 0 aromatic heterocycles. The Labute approximate surface area is 229 Å². The van der Waals surface area contributed by atoms with Gasteiger partial charge in [0.25, 0.3) is 0 Å². The quantitative estimate of drug-likeness (QED) is 0.132. The molecule has 1 unspecified atom stereocenters. The van der Waals surface area contributed by atoms with Gasteiger partial charge in [-0.05, 0) is 41.5 Å². The Morgan fingerprint density at radius 3 is 0.795 bits per heavy atom. The minimum atomic E-state index is -1.31. The molecule has 14 heteroatoms. The molecule has 0 bridgehead atoms. The van der Waals surface area contributed by atoms with Crippen LogP contribution in [0.1, 0.15) is 41.5 Å². The second-order valence-corrected chi connectivity index (χ2v) is 9.10. The van der Waals surface area contributed by atoms with Crippen LogP contribution in [0.15, 0.2) is 36.5 Å². The fraction of sp³-hybridized carbons (Fsp3) is 0.640. The highest BCUT2D eigenvalue weighted by molar-refractivity contribution is 5.85. The molecule has 0 rings (SSSR count). The summed E-state index contributed by atoms with van der Waals surface area (Å²) in [6.07, 6.45) is -0.965. The van der Waals surface area contributed by atoms with Gasteiger partial charge >= 0.3 is 17.9 Å². The van der Waals surface area contributed by atoms with E-state index in [2.05, 4.69) is 19.7 Å². The topological polar surface area (TPSA) is 274 Å². The summed E-state index contributed by atoms with van der Waals surface area (Å²) in [6, 6.07) is 0. The van der Waals surface area contributed by atoms with Crippen LogP contribution in [-0.2, 0) is 14.4 Å². The van der Waals surface area contributed by atoms with Crippen molar-refractivity contribution in [3.63, 3.8) is 0 Å². The summed E-state index contributed by atoms with van der Waals surface area (Å²) in [5.41, 5.74) is -3.16. The molecule has 0 amide bonds. The summed E-state index contributed by atoms with van der Waals surface area (Å²) >= 11 is 0. The van der Waals surface area contributed by atoms with Crippen LogP contribution < -0.4 is 0 Å². The van der Waals surface area contributed by atoms with Gasteiger partial charge < -0.3 is 56.2 Å². The highest BCUT2D eigenvalue weighted by atomic mass is 16.4. The van der Waals surface area contributed by atoms with Gasteiger partial charge in [-0.1, -0.05) is 19.7 Å². The van der Waals surface area contributed by atoms with Gasteiger partial charge in [0.05, 0.1) is 62.2 Å². The third-order valence-corrected chi connectivity index (χ3v) is 5.02. The van der Waals surface area contributed by atoms with Crippen LogP contribution >= 0.6 is 0 Å². The average molecular weight is 573 g/mol. The van der Waals surface area contributed by atoms with Crippen LogP contribution in [0.4, 0.5) is 0 Å². The molecule has 0 saturated carbocycles. The zero-order chi connectivity index (χ0) is 32.8. The fourth-order valence-corrected chi connectivity index (χ4v) is 1.51. The maximum Gasteiger partial charge on any atom is 0.330 e. The standard InChI is InChI=1S/C8H18O4.C5H12O4.3C4H6O2/c1-6(11)8(4-9,5-10)7(2,3)12;6-1-5(2-7,3-8)4-9;3*1-3(2)4(5)6/h6,9-12H,4-5H2,1-3H3;6-9H,1-4H2;3*1H2,2H3,(H,5,6). The largest absolute Gasteiger partial charge is 0.478 e. The van der Waals surface area contributed by atoms with Gasteiger partial charge in [-0.3, -0.25) is 0 Å². The Kier molecular flexibility index (Phi) is 27.5. The van der Waals surface area contributed by atoms with E-state index in [0.717, 1.165) is 0 Å². The lowest BCUT2D eigenvalue weighted by Gasteiger charge is -2.42. The molecule has 0 aliphatic heterocycles. The van der Waals surface area contributed by atoms with Crippen LogP contribution in [0.25, 0.3) is 0 Å². The maximum atomic E-state index is 9.62. The van der Waals surface area contributed by atoms with E-state index >= 15 is 0 Å². The Morgan fingerprint density at radius 2 is 0.795 bits per heavy atom. The molecule has 0 aliphatic carbocycles. The number of hydrogen-bond donors (Lipinski definition) is 11. The molecule has 0 radical (unpaired) electrons. The first-order valence-corrected chi connectivity index (χ1v) is 11.2. The lowest BCUT2D eigenvalue weighted by Crippen LogP contribution is -2.55. The Balaban J connectivity index is -0.000000128. The molecule has 1 atom stereocenters. The summed E-state index contributed by atoms with van der Waals surface area (Å²) in [6.45, 7) is 15.6. The van der Waals surface area contributed by atoms with E-state index in [-0.39, 0.29) is 16.7 Å². The number of carboxylic acids is 3. The van der Waals surface area contributed by atoms with Crippen molar-refractivity contribution in [2.75, 3.05) is 39.6 Å². The van der Waals surface area contributed by atoms with Gasteiger partial charge in [-0.25, -0.2) is 14.4 Å². The minimum absolute atomic E-state index is 0.176. The van der Waals surface area contributed by atoms with Crippen molar-refractivity contribution in [1.82, 2.24) is 0 Å². The van der Waals surface area contributed by atoms with Crippen LogP contribution in [-0.4, -0.2) is 125 Å². The van der Waals surface area contributed by atoms with Crippen LogP contribution in [0.3, 0.4) is 0 Å². The first-order chi connectivity index (χ1) is 17.5. The summed E-state index contributed by atoms with van der Waals surface area (Å²) in [5.74, 6) is -2.81. The van der Waals surface area contributed by atoms with E-state index in [0.29, 0.717) is 0 Å². The van der Waals surface area contributed by atoms with Crippen molar-refractivity contribution in [3.8, 4) is 0 Å². The Bertz CT molecular complexity index is 632. The van der Waals surface area contributed by atoms with Gasteiger partial charge in [0.15, 0.2) is 0 Å². The van der Waals surface area contributed by atoms with E-state index in [9.17, 15) is 24.6 Å². The van der Waals surface area contributed by atoms with Gasteiger partial charge in [0.2, 0.25) is 0 Å². The van der Waals surface area contributed by atoms with Crippen LogP contribution in [0.5, 0.6) is 0 Å². The monoisotopic (exact) mass is 572 g/mol. The first kappa shape index (κ1) is 46.2. The van der Waals surface area contributed by atoms with E-state index in [1.165, 1.54) is 41.5 Å². The Morgan fingerprint density at radius 1 is 0.615 bits per heavy atom. The molecule has 232 valence electrons. The Hall–Kier alpha value is -2.69. The van der Waals surface area contributed by atoms with Crippen molar-refractivity contribution in [3.05, 3.63) is 36.5 Å². The highest BCUT2D eigenvalue weighted by Crippen LogP contribution is 2.34. The summed E-state index contributed by atoms with van der Waals surface area (Å²) in [4.78, 5) is 28.8. The SMILES string of the molecule is C=C(C)C(=O)O.C=C(C)C(=O)O.C=C(C)C(=O)O.CC(O)C(CO)(CO)C(C)(C)O.OCC(CO)(CO)CO. The second-order valence-electron chi connectivity index (χ2n) is 9.10. The zero-order valence-corrected chi connectivity index (χ0v) is 23.6. The highest BCUT2D eigenvalue weighted by Gasteiger charge is 2.47. The molecular formula is C25H48O14. The molecule has 0 heterocycles. The summed E-state index contributed by atoms with van der Waals surface area (Å²) < 4.78 is 0. The summed E-state index contributed by atoms with van der Waals surface area (Å²) in [7, 11) is 0. The van der Waals surface area contributed by atoms with Gasteiger partial charge in [0, 0.05) is 16.7 Å².